The molecular weight excluding hydrogens is 248 g/mol. The Morgan fingerprint density at radius 1 is 1.25 bits per heavy atom. The molecule has 1 aromatic rings. The molecule has 0 aromatic carbocycles. The molecule has 4 nitrogen and oxygen atoms in total. The first-order valence-corrected chi connectivity index (χ1v) is 6.09. The van der Waals surface area contributed by atoms with Crippen molar-refractivity contribution in [3.05, 3.63) is 15.8 Å². The molecule has 0 unspecified atom stereocenters. The van der Waals surface area contributed by atoms with Crippen molar-refractivity contribution >= 4 is 35.0 Å². The Morgan fingerprint density at radius 2 is 1.81 bits per heavy atom. The van der Waals surface area contributed by atoms with E-state index in [0.717, 1.165) is 0 Å². The van der Waals surface area contributed by atoms with Crippen molar-refractivity contribution in [1.29, 1.82) is 0 Å². The van der Waals surface area contributed by atoms with E-state index in [1.807, 2.05) is 20.8 Å². The average Bonchev–Trinajstić information content (AvgIpc) is 2.44. The van der Waals surface area contributed by atoms with Gasteiger partial charge in [-0.15, -0.1) is 23.1 Å². The maximum atomic E-state index is 10.8. The van der Waals surface area contributed by atoms with Crippen LogP contribution >= 0.6 is 23.1 Å². The van der Waals surface area contributed by atoms with Gasteiger partial charge in [0, 0.05) is 9.64 Å². The molecule has 0 radical (unpaired) electrons. The van der Waals surface area contributed by atoms with Crippen LogP contribution in [0.1, 0.15) is 40.1 Å². The average molecular weight is 258 g/mol. The van der Waals surface area contributed by atoms with Gasteiger partial charge in [0.2, 0.25) is 0 Å². The van der Waals surface area contributed by atoms with Crippen molar-refractivity contribution in [1.82, 2.24) is 0 Å². The van der Waals surface area contributed by atoms with Gasteiger partial charge < -0.3 is 19.8 Å². The second kappa shape index (κ2) is 4.47. The molecule has 1 heterocycles. The normalized spacial score (nSPS) is 11.4. The lowest BCUT2D eigenvalue weighted by Gasteiger charge is -2.17. The van der Waals surface area contributed by atoms with Gasteiger partial charge in [-0.3, -0.25) is 0 Å². The first-order valence-electron chi connectivity index (χ1n) is 4.46. The van der Waals surface area contributed by atoms with Crippen molar-refractivity contribution in [2.45, 2.75) is 30.4 Å². The largest absolute Gasteiger partial charge is 0.544 e. The fourth-order valence-corrected chi connectivity index (χ4v) is 3.08. The number of aromatic carboxylic acids is 2. The summed E-state index contributed by atoms with van der Waals surface area (Å²) < 4.78 is -0.200. The first-order chi connectivity index (χ1) is 7.20. The molecule has 0 saturated heterocycles. The number of carboxylic acid groups (broad SMARTS) is 2. The quantitative estimate of drug-likeness (QED) is 0.731. The molecule has 0 aliphatic heterocycles. The molecule has 0 fully saturated rings. The van der Waals surface area contributed by atoms with Gasteiger partial charge in [-0.25, -0.2) is 0 Å². The number of carboxylic acids is 2. The van der Waals surface area contributed by atoms with Crippen LogP contribution < -0.4 is 10.2 Å². The highest BCUT2D eigenvalue weighted by Gasteiger charge is 2.18. The van der Waals surface area contributed by atoms with E-state index >= 15 is 0 Å². The lowest BCUT2D eigenvalue weighted by atomic mass is 10.3. The number of hydrogen-bond acceptors (Lipinski definition) is 6. The molecule has 1 rings (SSSR count). The Hall–Kier alpha value is -1.01. The van der Waals surface area contributed by atoms with Crippen molar-refractivity contribution < 1.29 is 19.8 Å². The van der Waals surface area contributed by atoms with E-state index in [-0.39, 0.29) is 14.5 Å². The zero-order chi connectivity index (χ0) is 12.5. The second-order valence-electron chi connectivity index (χ2n) is 4.09. The highest BCUT2D eigenvalue weighted by atomic mass is 32.2. The molecule has 6 heteroatoms. The number of rotatable bonds is 3. The van der Waals surface area contributed by atoms with E-state index < -0.39 is 11.9 Å². The molecule has 0 amide bonds. The van der Waals surface area contributed by atoms with E-state index in [1.165, 1.54) is 17.8 Å². The fourth-order valence-electron chi connectivity index (χ4n) is 1.02. The van der Waals surface area contributed by atoms with Gasteiger partial charge in [0.05, 0.1) is 21.7 Å². The summed E-state index contributed by atoms with van der Waals surface area (Å²) in [5.41, 5.74) is 0. The zero-order valence-electron chi connectivity index (χ0n) is 9.03. The van der Waals surface area contributed by atoms with Crippen LogP contribution in [0.15, 0.2) is 11.0 Å². The van der Waals surface area contributed by atoms with Crippen LogP contribution in [0.25, 0.3) is 0 Å². The van der Waals surface area contributed by atoms with Gasteiger partial charge in [0.25, 0.3) is 0 Å². The fraction of sp³-hybridized carbons (Fsp3) is 0.400. The van der Waals surface area contributed by atoms with Crippen molar-refractivity contribution in [2.75, 3.05) is 0 Å². The summed E-state index contributed by atoms with van der Waals surface area (Å²) in [5.74, 6) is -2.72. The predicted octanol–water partition coefficient (Wildman–Crippen LogP) is 0.366. The van der Waals surface area contributed by atoms with E-state index in [9.17, 15) is 19.8 Å². The molecule has 88 valence electrons. The Labute approximate surface area is 101 Å². The second-order valence-corrected chi connectivity index (χ2v) is 7.01. The molecule has 0 atom stereocenters. The number of carbonyl (C=O) groups is 2. The zero-order valence-corrected chi connectivity index (χ0v) is 10.7. The van der Waals surface area contributed by atoms with Gasteiger partial charge in [0.1, 0.15) is 0 Å². The molecule has 0 spiro atoms. The molecule has 1 aromatic heterocycles. The summed E-state index contributed by atoms with van der Waals surface area (Å²) in [6.45, 7) is 5.73. The molecule has 0 saturated carbocycles. The molecule has 0 aliphatic carbocycles. The van der Waals surface area contributed by atoms with Crippen LogP contribution in [-0.4, -0.2) is 16.7 Å². The van der Waals surface area contributed by atoms with Crippen LogP contribution in [0, 0.1) is 0 Å². The number of hydrogen-bond donors (Lipinski definition) is 0. The Morgan fingerprint density at radius 3 is 2.19 bits per heavy atom. The number of thioether (sulfide) groups is 1. The predicted molar refractivity (Wildman–Crippen MR) is 58.6 cm³/mol. The van der Waals surface area contributed by atoms with Gasteiger partial charge in [0.15, 0.2) is 0 Å². The van der Waals surface area contributed by atoms with E-state index in [4.69, 9.17) is 0 Å². The molecule has 0 bridgehead atoms. The van der Waals surface area contributed by atoms with Crippen LogP contribution in [0.5, 0.6) is 0 Å². The smallest absolute Gasteiger partial charge is 0.0826 e. The lowest BCUT2D eigenvalue weighted by molar-refractivity contribution is -0.255. The summed E-state index contributed by atoms with van der Waals surface area (Å²) in [6, 6.07) is 1.32. The lowest BCUT2D eigenvalue weighted by Crippen LogP contribution is -2.22. The highest BCUT2D eigenvalue weighted by molar-refractivity contribution is 8.00. The van der Waals surface area contributed by atoms with E-state index in [0.29, 0.717) is 16.2 Å². The topological polar surface area (TPSA) is 80.3 Å². The van der Waals surface area contributed by atoms with Crippen molar-refractivity contribution in [2.24, 2.45) is 0 Å². The van der Waals surface area contributed by atoms with Gasteiger partial charge in [-0.05, 0) is 6.07 Å². The maximum Gasteiger partial charge on any atom is 0.0826 e. The first kappa shape index (κ1) is 13.1. The van der Waals surface area contributed by atoms with Gasteiger partial charge >= 0.3 is 0 Å². The van der Waals surface area contributed by atoms with Crippen molar-refractivity contribution in [3.8, 4) is 0 Å². The summed E-state index contributed by atoms with van der Waals surface area (Å²) in [5, 5.41) is 21.4. The molecular formula is C10H10O4S2-2. The van der Waals surface area contributed by atoms with Crippen LogP contribution in [-0.2, 0) is 0 Å². The summed E-state index contributed by atoms with van der Waals surface area (Å²) in [7, 11) is 0. The number of thiophene rings is 1. The number of carbonyl (C=O) groups excluding carboxylic acids is 2. The highest BCUT2D eigenvalue weighted by Crippen LogP contribution is 2.37. The monoisotopic (exact) mass is 258 g/mol. The molecule has 0 N–H and O–H groups in total. The van der Waals surface area contributed by atoms with E-state index in [2.05, 4.69) is 0 Å². The Balaban J connectivity index is 3.15. The third-order valence-corrected chi connectivity index (χ3v) is 3.88. The summed E-state index contributed by atoms with van der Waals surface area (Å²) >= 11 is 1.96. The SMILES string of the molecule is CC(C)(C)Sc1cc(C(=O)[O-])sc1C(=O)[O-]. The Bertz CT molecular complexity index is 429. The van der Waals surface area contributed by atoms with Crippen LogP contribution in [0.4, 0.5) is 0 Å². The maximum absolute atomic E-state index is 10.8. The van der Waals surface area contributed by atoms with E-state index in [1.54, 1.807) is 0 Å². The standard InChI is InChI=1S/C10H12O4S2/c1-10(2,3)16-5-4-6(8(11)12)15-7(5)9(13)14/h4H,1-3H3,(H,11,12)(H,13,14)/p-2. The van der Waals surface area contributed by atoms with Gasteiger partial charge in [-0.2, -0.15) is 0 Å². The molecule has 0 aliphatic rings. The van der Waals surface area contributed by atoms with Gasteiger partial charge in [-0.1, -0.05) is 20.8 Å². The minimum Gasteiger partial charge on any atom is -0.544 e. The molecule has 16 heavy (non-hydrogen) atoms. The third kappa shape index (κ3) is 3.24. The minimum absolute atomic E-state index is 0.0564. The summed E-state index contributed by atoms with van der Waals surface area (Å²) in [6.07, 6.45) is 0. The van der Waals surface area contributed by atoms with Crippen molar-refractivity contribution in [3.63, 3.8) is 0 Å². The third-order valence-electron chi connectivity index (χ3n) is 1.50. The van der Waals surface area contributed by atoms with Crippen LogP contribution in [0.2, 0.25) is 0 Å². The minimum atomic E-state index is -1.37. The summed E-state index contributed by atoms with van der Waals surface area (Å²) in [4.78, 5) is 21.7. The van der Waals surface area contributed by atoms with Crippen LogP contribution in [0.3, 0.4) is 0 Å². The Kier molecular flexibility index (Phi) is 3.64.